The molecule has 1 unspecified atom stereocenters. The normalized spacial score (nSPS) is 21.6. The summed E-state index contributed by atoms with van der Waals surface area (Å²) in [6, 6.07) is 6.43. The monoisotopic (exact) mass is 288 g/mol. The molecule has 2 aromatic rings. The molecule has 5 heteroatoms. The van der Waals surface area contributed by atoms with Gasteiger partial charge in [-0.1, -0.05) is 13.8 Å². The summed E-state index contributed by atoms with van der Waals surface area (Å²) < 4.78 is 1.81. The molecule has 3 rings (SSSR count). The van der Waals surface area contributed by atoms with E-state index in [0.717, 1.165) is 17.3 Å². The van der Waals surface area contributed by atoms with Crippen molar-refractivity contribution in [2.24, 2.45) is 5.41 Å². The Labute approximate surface area is 124 Å². The number of hydrogen-bond donors (Lipinski definition) is 1. The summed E-state index contributed by atoms with van der Waals surface area (Å²) in [4.78, 5) is 4.47. The molecule has 0 bridgehead atoms. The molecule has 0 spiro atoms. The quantitative estimate of drug-likeness (QED) is 0.942. The zero-order valence-electron chi connectivity index (χ0n) is 11.9. The van der Waals surface area contributed by atoms with Crippen LogP contribution in [0.25, 0.3) is 5.82 Å². The zero-order chi connectivity index (χ0) is 14.0. The van der Waals surface area contributed by atoms with Crippen molar-refractivity contribution in [3.05, 3.63) is 36.8 Å². The highest BCUT2D eigenvalue weighted by Crippen LogP contribution is 2.36. The molecule has 2 aromatic heterocycles. The van der Waals surface area contributed by atoms with Crippen LogP contribution in [0.3, 0.4) is 0 Å². The van der Waals surface area contributed by atoms with E-state index >= 15 is 0 Å². The van der Waals surface area contributed by atoms with Crippen LogP contribution in [0.15, 0.2) is 36.8 Å². The van der Waals surface area contributed by atoms with Crippen molar-refractivity contribution in [1.82, 2.24) is 14.8 Å². The summed E-state index contributed by atoms with van der Waals surface area (Å²) in [5.74, 6) is 3.26. The van der Waals surface area contributed by atoms with Gasteiger partial charge in [-0.2, -0.15) is 16.9 Å². The van der Waals surface area contributed by atoms with Gasteiger partial charge in [0.2, 0.25) is 0 Å². The van der Waals surface area contributed by atoms with Crippen molar-refractivity contribution in [3.63, 3.8) is 0 Å². The van der Waals surface area contributed by atoms with Crippen LogP contribution < -0.4 is 5.32 Å². The van der Waals surface area contributed by atoms with Gasteiger partial charge in [0.1, 0.15) is 0 Å². The van der Waals surface area contributed by atoms with E-state index in [-0.39, 0.29) is 0 Å². The molecular weight excluding hydrogens is 268 g/mol. The topological polar surface area (TPSA) is 42.7 Å². The van der Waals surface area contributed by atoms with E-state index in [9.17, 15) is 0 Å². The molecule has 0 aliphatic carbocycles. The lowest BCUT2D eigenvalue weighted by molar-refractivity contribution is 0.305. The van der Waals surface area contributed by atoms with Crippen LogP contribution in [0.1, 0.15) is 20.3 Å². The maximum Gasteiger partial charge on any atom is 0.176 e. The van der Waals surface area contributed by atoms with Crippen LogP contribution in [-0.4, -0.2) is 32.3 Å². The summed E-state index contributed by atoms with van der Waals surface area (Å²) in [5.41, 5.74) is 1.36. The first-order valence-electron chi connectivity index (χ1n) is 6.96. The van der Waals surface area contributed by atoms with Gasteiger partial charge in [0.15, 0.2) is 5.82 Å². The van der Waals surface area contributed by atoms with Crippen LogP contribution >= 0.6 is 11.8 Å². The van der Waals surface area contributed by atoms with Crippen LogP contribution in [0, 0.1) is 5.41 Å². The Balaban J connectivity index is 1.88. The Hall–Kier alpha value is -1.49. The molecular formula is C15H20N4S. The molecule has 1 saturated heterocycles. The predicted molar refractivity (Wildman–Crippen MR) is 84.5 cm³/mol. The molecule has 20 heavy (non-hydrogen) atoms. The fourth-order valence-electron chi connectivity index (χ4n) is 2.45. The smallest absolute Gasteiger partial charge is 0.176 e. The number of rotatable bonds is 3. The molecule has 0 aromatic carbocycles. The molecule has 1 fully saturated rings. The summed E-state index contributed by atoms with van der Waals surface area (Å²) in [7, 11) is 0. The van der Waals surface area contributed by atoms with E-state index in [1.807, 2.05) is 41.0 Å². The minimum Gasteiger partial charge on any atom is -0.378 e. The van der Waals surface area contributed by atoms with E-state index in [0.29, 0.717) is 11.5 Å². The minimum atomic E-state index is 0.308. The van der Waals surface area contributed by atoms with Gasteiger partial charge in [0.05, 0.1) is 5.69 Å². The van der Waals surface area contributed by atoms with Gasteiger partial charge in [-0.05, 0) is 35.8 Å². The van der Waals surface area contributed by atoms with Crippen molar-refractivity contribution in [2.45, 2.75) is 26.3 Å². The number of nitrogens with one attached hydrogen (secondary N) is 1. The lowest BCUT2D eigenvalue weighted by Crippen LogP contribution is -2.41. The summed E-state index contributed by atoms with van der Waals surface area (Å²) in [6.07, 6.45) is 6.75. The van der Waals surface area contributed by atoms with Gasteiger partial charge in [-0.25, -0.2) is 9.67 Å². The largest absolute Gasteiger partial charge is 0.378 e. The Bertz CT molecular complexity index is 565. The van der Waals surface area contributed by atoms with Crippen molar-refractivity contribution in [1.29, 1.82) is 0 Å². The van der Waals surface area contributed by atoms with Gasteiger partial charge in [-0.15, -0.1) is 0 Å². The number of nitrogens with zero attached hydrogens (tertiary/aromatic N) is 3. The lowest BCUT2D eigenvalue weighted by Gasteiger charge is -2.39. The van der Waals surface area contributed by atoms with Gasteiger partial charge in [0, 0.05) is 30.4 Å². The van der Waals surface area contributed by atoms with Crippen molar-refractivity contribution < 1.29 is 0 Å². The van der Waals surface area contributed by atoms with Gasteiger partial charge < -0.3 is 5.32 Å². The fraction of sp³-hybridized carbons (Fsp3) is 0.467. The maximum absolute atomic E-state index is 4.47. The second-order valence-corrected chi connectivity index (χ2v) is 6.99. The van der Waals surface area contributed by atoms with E-state index in [1.54, 1.807) is 6.20 Å². The number of aromatic nitrogens is 3. The lowest BCUT2D eigenvalue weighted by atomic mass is 9.82. The summed E-state index contributed by atoms with van der Waals surface area (Å²) in [6.45, 7) is 4.68. The molecule has 3 heterocycles. The highest BCUT2D eigenvalue weighted by atomic mass is 32.2. The molecule has 0 radical (unpaired) electrons. The molecule has 106 valence electrons. The Morgan fingerprint density at radius 1 is 1.35 bits per heavy atom. The fourth-order valence-corrected chi connectivity index (χ4v) is 4.05. The number of hydrogen-bond acceptors (Lipinski definition) is 4. The molecule has 1 N–H and O–H groups in total. The molecule has 1 aliphatic heterocycles. The van der Waals surface area contributed by atoms with E-state index in [2.05, 4.69) is 35.3 Å². The van der Waals surface area contributed by atoms with Crippen LogP contribution in [-0.2, 0) is 0 Å². The van der Waals surface area contributed by atoms with Crippen molar-refractivity contribution in [3.8, 4) is 5.82 Å². The Kier molecular flexibility index (Phi) is 3.70. The molecule has 1 atom stereocenters. The average Bonchev–Trinajstić information content (AvgIpc) is 2.95. The SMILES string of the molecule is CC1(C)CCSCC1Nc1cccnc1-n1cccn1. The Morgan fingerprint density at radius 2 is 2.25 bits per heavy atom. The van der Waals surface area contributed by atoms with Crippen molar-refractivity contribution >= 4 is 17.4 Å². The number of pyridine rings is 1. The van der Waals surface area contributed by atoms with Crippen LogP contribution in [0.5, 0.6) is 0 Å². The summed E-state index contributed by atoms with van der Waals surface area (Å²) in [5, 5.41) is 7.97. The predicted octanol–water partition coefficient (Wildman–Crippen LogP) is 3.21. The van der Waals surface area contributed by atoms with E-state index in [4.69, 9.17) is 0 Å². The van der Waals surface area contributed by atoms with Crippen molar-refractivity contribution in [2.75, 3.05) is 16.8 Å². The number of thioether (sulfide) groups is 1. The maximum atomic E-state index is 4.47. The van der Waals surface area contributed by atoms with Gasteiger partial charge in [0.25, 0.3) is 0 Å². The second kappa shape index (κ2) is 5.48. The third-order valence-electron chi connectivity index (χ3n) is 3.96. The molecule has 0 amide bonds. The zero-order valence-corrected chi connectivity index (χ0v) is 12.7. The molecule has 1 aliphatic rings. The van der Waals surface area contributed by atoms with E-state index < -0.39 is 0 Å². The standard InChI is InChI=1S/C15H20N4S/c1-15(2)6-10-20-11-13(15)18-12-5-3-7-16-14(12)19-9-4-8-17-19/h3-5,7-9,13,18H,6,10-11H2,1-2H3. The summed E-state index contributed by atoms with van der Waals surface area (Å²) >= 11 is 2.02. The van der Waals surface area contributed by atoms with Gasteiger partial charge in [-0.3, -0.25) is 0 Å². The first-order valence-corrected chi connectivity index (χ1v) is 8.12. The van der Waals surface area contributed by atoms with Crippen LogP contribution in [0.4, 0.5) is 5.69 Å². The first-order chi connectivity index (χ1) is 9.67. The highest BCUT2D eigenvalue weighted by molar-refractivity contribution is 7.99. The molecule has 4 nitrogen and oxygen atoms in total. The number of anilines is 1. The third-order valence-corrected chi connectivity index (χ3v) is 5.02. The average molecular weight is 288 g/mol. The van der Waals surface area contributed by atoms with E-state index in [1.165, 1.54) is 12.2 Å². The Morgan fingerprint density at radius 3 is 3.00 bits per heavy atom. The molecule has 0 saturated carbocycles. The second-order valence-electron chi connectivity index (χ2n) is 5.84. The van der Waals surface area contributed by atoms with Crippen LogP contribution in [0.2, 0.25) is 0 Å². The first kappa shape index (κ1) is 13.5. The minimum absolute atomic E-state index is 0.308. The van der Waals surface area contributed by atoms with Gasteiger partial charge >= 0.3 is 0 Å². The highest BCUT2D eigenvalue weighted by Gasteiger charge is 2.33. The third kappa shape index (κ3) is 2.68.